The van der Waals surface area contributed by atoms with Gasteiger partial charge in [0.25, 0.3) is 5.91 Å². The minimum atomic E-state index is -3.50. The second-order valence-electron chi connectivity index (χ2n) is 6.83. The van der Waals surface area contributed by atoms with Crippen LogP contribution in [0.5, 0.6) is 0 Å². The molecule has 27 heavy (non-hydrogen) atoms. The molecule has 7 heteroatoms. The van der Waals surface area contributed by atoms with Gasteiger partial charge in [-0.05, 0) is 36.8 Å². The maximum Gasteiger partial charge on any atom is 0.254 e. The predicted molar refractivity (Wildman–Crippen MR) is 103 cm³/mol. The van der Waals surface area contributed by atoms with Gasteiger partial charge >= 0.3 is 0 Å². The number of morpholine rings is 1. The molecule has 0 N–H and O–H groups in total. The third kappa shape index (κ3) is 4.21. The van der Waals surface area contributed by atoms with Crippen molar-refractivity contribution in [1.82, 2.24) is 9.21 Å². The number of sulfonamides is 1. The van der Waals surface area contributed by atoms with Crippen LogP contribution in [0, 0.1) is 6.92 Å². The van der Waals surface area contributed by atoms with Crippen LogP contribution in [-0.2, 0) is 14.8 Å². The lowest BCUT2D eigenvalue weighted by Gasteiger charge is -2.33. The average molecular weight is 388 g/mol. The standard InChI is InChI=1S/C20H24N2O4S/c1-15-4-6-16(7-5-15)19-14-22(12-13-26-19)20(23)17-8-10-18(11-9-17)27(24,25)21(2)3/h4-11,19H,12-14H2,1-3H3. The summed E-state index contributed by atoms with van der Waals surface area (Å²) in [5.41, 5.74) is 2.69. The van der Waals surface area contributed by atoms with Crippen LogP contribution in [0.4, 0.5) is 0 Å². The lowest BCUT2D eigenvalue weighted by molar-refractivity contribution is -0.0228. The van der Waals surface area contributed by atoms with Crippen molar-refractivity contribution >= 4 is 15.9 Å². The Kier molecular flexibility index (Phi) is 5.64. The summed E-state index contributed by atoms with van der Waals surface area (Å²) in [6.07, 6.45) is -0.156. The Balaban J connectivity index is 1.74. The summed E-state index contributed by atoms with van der Waals surface area (Å²) in [6, 6.07) is 14.2. The molecule has 3 rings (SSSR count). The zero-order valence-electron chi connectivity index (χ0n) is 15.8. The largest absolute Gasteiger partial charge is 0.370 e. The van der Waals surface area contributed by atoms with Crippen LogP contribution >= 0.6 is 0 Å². The Hall–Kier alpha value is -2.22. The normalized spacial score (nSPS) is 17.9. The molecule has 0 spiro atoms. The van der Waals surface area contributed by atoms with E-state index in [4.69, 9.17) is 4.74 Å². The molecule has 1 aliphatic heterocycles. The highest BCUT2D eigenvalue weighted by Gasteiger charge is 2.26. The zero-order valence-corrected chi connectivity index (χ0v) is 16.6. The summed E-state index contributed by atoms with van der Waals surface area (Å²) < 4.78 is 31.3. The second-order valence-corrected chi connectivity index (χ2v) is 8.98. The molecule has 1 amide bonds. The molecule has 0 radical (unpaired) electrons. The van der Waals surface area contributed by atoms with Gasteiger partial charge in [0.2, 0.25) is 10.0 Å². The SMILES string of the molecule is Cc1ccc(C2CN(C(=O)c3ccc(S(=O)(=O)N(C)C)cc3)CCO2)cc1. The Morgan fingerprint density at radius 1 is 1.07 bits per heavy atom. The van der Waals surface area contributed by atoms with Crippen molar-refractivity contribution in [3.8, 4) is 0 Å². The van der Waals surface area contributed by atoms with Crippen LogP contribution < -0.4 is 0 Å². The third-order valence-corrected chi connectivity index (χ3v) is 6.51. The lowest BCUT2D eigenvalue weighted by atomic mass is 10.1. The molecule has 0 bridgehead atoms. The van der Waals surface area contributed by atoms with E-state index in [0.29, 0.717) is 25.3 Å². The number of nitrogens with zero attached hydrogens (tertiary/aromatic N) is 2. The zero-order chi connectivity index (χ0) is 19.6. The smallest absolute Gasteiger partial charge is 0.254 e. The molecule has 1 atom stereocenters. The molecule has 1 saturated heterocycles. The predicted octanol–water partition coefficient (Wildman–Crippen LogP) is 2.46. The number of rotatable bonds is 4. The first kappa shape index (κ1) is 19.5. The van der Waals surface area contributed by atoms with Crippen molar-refractivity contribution in [3.05, 3.63) is 65.2 Å². The Morgan fingerprint density at radius 2 is 1.70 bits per heavy atom. The summed E-state index contributed by atoms with van der Waals surface area (Å²) in [5.74, 6) is -0.121. The van der Waals surface area contributed by atoms with Crippen LogP contribution in [0.15, 0.2) is 53.4 Å². The highest BCUT2D eigenvalue weighted by Crippen LogP contribution is 2.24. The summed E-state index contributed by atoms with van der Waals surface area (Å²) in [7, 11) is -0.545. The summed E-state index contributed by atoms with van der Waals surface area (Å²) in [5, 5.41) is 0. The van der Waals surface area contributed by atoms with E-state index in [2.05, 4.69) is 0 Å². The highest BCUT2D eigenvalue weighted by atomic mass is 32.2. The van der Waals surface area contributed by atoms with Gasteiger partial charge in [0, 0.05) is 26.2 Å². The number of benzene rings is 2. The van der Waals surface area contributed by atoms with Gasteiger partial charge in [-0.2, -0.15) is 0 Å². The first-order valence-corrected chi connectivity index (χ1v) is 10.2. The van der Waals surface area contributed by atoms with Crippen LogP contribution in [-0.4, -0.2) is 57.3 Å². The molecule has 0 aromatic heterocycles. The van der Waals surface area contributed by atoms with Gasteiger partial charge in [-0.1, -0.05) is 29.8 Å². The molecule has 1 aliphatic rings. The molecule has 0 saturated carbocycles. The molecule has 2 aromatic rings. The number of ether oxygens (including phenoxy) is 1. The van der Waals surface area contributed by atoms with E-state index >= 15 is 0 Å². The van der Waals surface area contributed by atoms with E-state index in [1.54, 1.807) is 17.0 Å². The fraction of sp³-hybridized carbons (Fsp3) is 0.350. The molecular formula is C20H24N2O4S. The van der Waals surface area contributed by atoms with Gasteiger partial charge in [0.15, 0.2) is 0 Å². The van der Waals surface area contributed by atoms with E-state index in [1.165, 1.54) is 31.8 Å². The molecule has 1 fully saturated rings. The van der Waals surface area contributed by atoms with Gasteiger partial charge in [0.1, 0.15) is 6.10 Å². The van der Waals surface area contributed by atoms with Gasteiger partial charge in [0.05, 0.1) is 18.0 Å². The molecule has 1 heterocycles. The number of carbonyl (C=O) groups is 1. The van der Waals surface area contributed by atoms with Gasteiger partial charge in [-0.25, -0.2) is 12.7 Å². The van der Waals surface area contributed by atoms with E-state index in [-0.39, 0.29) is 16.9 Å². The van der Waals surface area contributed by atoms with Crippen molar-refractivity contribution in [2.24, 2.45) is 0 Å². The summed E-state index contributed by atoms with van der Waals surface area (Å²) in [4.78, 5) is 14.8. The molecule has 6 nitrogen and oxygen atoms in total. The first-order valence-electron chi connectivity index (χ1n) is 8.79. The van der Waals surface area contributed by atoms with E-state index < -0.39 is 10.0 Å². The van der Waals surface area contributed by atoms with Crippen molar-refractivity contribution in [2.75, 3.05) is 33.8 Å². The van der Waals surface area contributed by atoms with Crippen LogP contribution in [0.3, 0.4) is 0 Å². The molecule has 144 valence electrons. The Bertz CT molecular complexity index is 906. The molecule has 2 aromatic carbocycles. The lowest BCUT2D eigenvalue weighted by Crippen LogP contribution is -2.42. The fourth-order valence-corrected chi connectivity index (χ4v) is 3.88. The Labute approximate surface area is 160 Å². The number of hydrogen-bond acceptors (Lipinski definition) is 4. The monoisotopic (exact) mass is 388 g/mol. The topological polar surface area (TPSA) is 66.9 Å². The van der Waals surface area contributed by atoms with Crippen LogP contribution in [0.2, 0.25) is 0 Å². The third-order valence-electron chi connectivity index (χ3n) is 4.68. The molecular weight excluding hydrogens is 364 g/mol. The number of hydrogen-bond donors (Lipinski definition) is 0. The van der Waals surface area contributed by atoms with Gasteiger partial charge < -0.3 is 9.64 Å². The maximum atomic E-state index is 12.8. The highest BCUT2D eigenvalue weighted by molar-refractivity contribution is 7.89. The van der Waals surface area contributed by atoms with Crippen molar-refractivity contribution in [3.63, 3.8) is 0 Å². The maximum absolute atomic E-state index is 12.8. The quantitative estimate of drug-likeness (QED) is 0.807. The number of amides is 1. The Morgan fingerprint density at radius 3 is 2.30 bits per heavy atom. The minimum Gasteiger partial charge on any atom is -0.370 e. The van der Waals surface area contributed by atoms with Gasteiger partial charge in [-0.3, -0.25) is 4.79 Å². The van der Waals surface area contributed by atoms with Crippen LogP contribution in [0.25, 0.3) is 0 Å². The first-order chi connectivity index (χ1) is 12.8. The van der Waals surface area contributed by atoms with Crippen molar-refractivity contribution in [1.29, 1.82) is 0 Å². The molecule has 1 unspecified atom stereocenters. The van der Waals surface area contributed by atoms with Crippen molar-refractivity contribution < 1.29 is 17.9 Å². The van der Waals surface area contributed by atoms with E-state index in [0.717, 1.165) is 9.87 Å². The van der Waals surface area contributed by atoms with Crippen LogP contribution in [0.1, 0.15) is 27.6 Å². The molecule has 0 aliphatic carbocycles. The summed E-state index contributed by atoms with van der Waals surface area (Å²) in [6.45, 7) is 3.48. The number of aryl methyl sites for hydroxylation is 1. The van der Waals surface area contributed by atoms with E-state index in [1.807, 2.05) is 31.2 Å². The van der Waals surface area contributed by atoms with Crippen molar-refractivity contribution in [2.45, 2.75) is 17.9 Å². The van der Waals surface area contributed by atoms with Gasteiger partial charge in [-0.15, -0.1) is 0 Å². The fourth-order valence-electron chi connectivity index (χ4n) is 2.98. The summed E-state index contributed by atoms with van der Waals surface area (Å²) >= 11 is 0. The number of carbonyl (C=O) groups excluding carboxylic acids is 1. The minimum absolute atomic E-state index is 0.121. The van der Waals surface area contributed by atoms with E-state index in [9.17, 15) is 13.2 Å². The average Bonchev–Trinajstić information content (AvgIpc) is 2.68. The second kappa shape index (κ2) is 7.80.